The lowest BCUT2D eigenvalue weighted by Crippen LogP contribution is -1.99. The molecule has 0 saturated carbocycles. The highest BCUT2D eigenvalue weighted by Crippen LogP contribution is 2.28. The molecule has 2 rings (SSSR count). The number of halogens is 3. The third-order valence-electron chi connectivity index (χ3n) is 1.80. The van der Waals surface area contributed by atoms with E-state index in [2.05, 4.69) is 9.97 Å². The van der Waals surface area contributed by atoms with E-state index in [0.717, 1.165) is 6.07 Å². The van der Waals surface area contributed by atoms with Crippen LogP contribution < -0.4 is 10.5 Å². The van der Waals surface area contributed by atoms with Crippen molar-refractivity contribution in [1.82, 2.24) is 9.97 Å². The number of hydrogen-bond donors (Lipinski definition) is 1. The van der Waals surface area contributed by atoms with Crippen LogP contribution in [0.3, 0.4) is 0 Å². The zero-order chi connectivity index (χ0) is 13.3. The summed E-state index contributed by atoms with van der Waals surface area (Å²) in [5.41, 5.74) is 4.89. The van der Waals surface area contributed by atoms with Crippen LogP contribution in [0.5, 0.6) is 11.8 Å². The van der Waals surface area contributed by atoms with Crippen LogP contribution in [0.1, 0.15) is 1.37 Å². The van der Waals surface area contributed by atoms with Gasteiger partial charge in [-0.25, -0.2) is 23.1 Å². The van der Waals surface area contributed by atoms with Gasteiger partial charge in [0.1, 0.15) is 11.5 Å². The first-order chi connectivity index (χ1) is 8.47. The lowest BCUT2D eigenvalue weighted by molar-refractivity contribution is 0.430. The molecular formula is C10H6F3N3O. The van der Waals surface area contributed by atoms with Crippen molar-refractivity contribution in [3.05, 3.63) is 42.0 Å². The first-order valence-corrected chi connectivity index (χ1v) is 4.39. The topological polar surface area (TPSA) is 61.0 Å². The molecule has 88 valence electrons. The molecule has 7 heteroatoms. The molecule has 0 saturated heterocycles. The molecule has 0 spiro atoms. The zero-order valence-electron chi connectivity index (χ0n) is 9.25. The van der Waals surface area contributed by atoms with Crippen LogP contribution in [0.2, 0.25) is 0 Å². The third-order valence-corrected chi connectivity index (χ3v) is 1.80. The minimum absolute atomic E-state index is 0.349. The highest BCUT2D eigenvalue weighted by molar-refractivity contribution is 5.54. The third kappa shape index (κ3) is 2.44. The number of nitrogen functional groups attached to an aromatic ring is 1. The molecule has 1 aromatic heterocycles. The molecule has 2 N–H and O–H groups in total. The fourth-order valence-electron chi connectivity index (χ4n) is 1.06. The van der Waals surface area contributed by atoms with Crippen LogP contribution >= 0.6 is 0 Å². The zero-order valence-corrected chi connectivity index (χ0v) is 8.25. The van der Waals surface area contributed by atoms with Crippen LogP contribution in [-0.4, -0.2) is 9.97 Å². The van der Waals surface area contributed by atoms with E-state index in [-0.39, 0.29) is 5.75 Å². The number of nitrogens with zero attached hydrogens (tertiary/aromatic N) is 2. The second-order valence-corrected chi connectivity index (χ2v) is 3.01. The molecule has 4 nitrogen and oxygen atoms in total. The van der Waals surface area contributed by atoms with Crippen molar-refractivity contribution in [3.63, 3.8) is 0 Å². The Labute approximate surface area is 95.3 Å². The maximum absolute atomic E-state index is 13.1. The van der Waals surface area contributed by atoms with Crippen molar-refractivity contribution >= 4 is 5.69 Å². The quantitative estimate of drug-likeness (QED) is 0.820. The molecule has 0 atom stereocenters. The van der Waals surface area contributed by atoms with Gasteiger partial charge in [-0.2, -0.15) is 0 Å². The van der Waals surface area contributed by atoms with Gasteiger partial charge in [-0.05, 0) is 0 Å². The van der Waals surface area contributed by atoms with Gasteiger partial charge in [0.2, 0.25) is 0 Å². The van der Waals surface area contributed by atoms with Gasteiger partial charge < -0.3 is 10.5 Å². The van der Waals surface area contributed by atoms with Gasteiger partial charge in [0.05, 0.1) is 13.7 Å². The Hall–Kier alpha value is -2.31. The summed E-state index contributed by atoms with van der Waals surface area (Å²) >= 11 is 0. The van der Waals surface area contributed by atoms with E-state index in [1.165, 1.54) is 0 Å². The molecule has 17 heavy (non-hydrogen) atoms. The Kier molecular flexibility index (Phi) is 2.49. The Morgan fingerprint density at radius 1 is 1.18 bits per heavy atom. The summed E-state index contributed by atoms with van der Waals surface area (Å²) in [7, 11) is 0. The van der Waals surface area contributed by atoms with Crippen molar-refractivity contribution in [2.75, 3.05) is 5.73 Å². The maximum Gasteiger partial charge on any atom is 0.322 e. The van der Waals surface area contributed by atoms with E-state index in [0.29, 0.717) is 12.3 Å². The number of rotatable bonds is 2. The molecule has 0 aliphatic carbocycles. The highest BCUT2D eigenvalue weighted by atomic mass is 19.1. The fraction of sp³-hybridized carbons (Fsp3) is 0. The Morgan fingerprint density at radius 3 is 2.65 bits per heavy atom. The lowest BCUT2D eigenvalue weighted by atomic mass is 10.3. The Balaban J connectivity index is 2.36. The number of aromatic nitrogens is 2. The van der Waals surface area contributed by atoms with Gasteiger partial charge in [0.25, 0.3) is 0 Å². The maximum atomic E-state index is 13.1. The predicted molar refractivity (Wildman–Crippen MR) is 52.8 cm³/mol. The van der Waals surface area contributed by atoms with Crippen LogP contribution in [0.4, 0.5) is 18.9 Å². The highest BCUT2D eigenvalue weighted by Gasteiger charge is 2.11. The molecule has 0 bridgehead atoms. The van der Waals surface area contributed by atoms with Crippen LogP contribution in [-0.2, 0) is 0 Å². The number of anilines is 1. The minimum Gasteiger partial charge on any atom is -0.422 e. The SMILES string of the molecule is [2H]c1nc(Oc2cc(F)cc(F)c2N)ncc1F. The van der Waals surface area contributed by atoms with Gasteiger partial charge in [0.15, 0.2) is 17.4 Å². The van der Waals surface area contributed by atoms with Gasteiger partial charge in [0, 0.05) is 12.1 Å². The molecule has 2 aromatic rings. The van der Waals surface area contributed by atoms with Gasteiger partial charge >= 0.3 is 6.01 Å². The molecule has 0 radical (unpaired) electrons. The van der Waals surface area contributed by atoms with E-state index in [9.17, 15) is 13.2 Å². The van der Waals surface area contributed by atoms with E-state index in [1.807, 2.05) is 0 Å². The van der Waals surface area contributed by atoms with Crippen molar-refractivity contribution in [1.29, 1.82) is 0 Å². The van der Waals surface area contributed by atoms with E-state index >= 15 is 0 Å². The average Bonchev–Trinajstić information content (AvgIpc) is 2.30. The summed E-state index contributed by atoms with van der Waals surface area (Å²) in [6, 6.07) is 0.983. The minimum atomic E-state index is -1.00. The van der Waals surface area contributed by atoms with E-state index in [4.69, 9.17) is 11.8 Å². The van der Waals surface area contributed by atoms with Crippen LogP contribution in [0.15, 0.2) is 24.5 Å². The fourth-order valence-corrected chi connectivity index (χ4v) is 1.06. The van der Waals surface area contributed by atoms with E-state index in [1.54, 1.807) is 0 Å². The summed E-state index contributed by atoms with van der Waals surface area (Å²) < 4.78 is 50.7. The molecule has 0 unspecified atom stereocenters. The first kappa shape index (κ1) is 9.88. The molecular weight excluding hydrogens is 235 g/mol. The monoisotopic (exact) mass is 242 g/mol. The van der Waals surface area contributed by atoms with Crippen LogP contribution in [0, 0.1) is 17.5 Å². The molecule has 0 amide bonds. The second kappa shape index (κ2) is 4.28. The Morgan fingerprint density at radius 2 is 1.94 bits per heavy atom. The summed E-state index contributed by atoms with van der Waals surface area (Å²) in [5, 5.41) is 0. The summed E-state index contributed by atoms with van der Waals surface area (Å²) in [6.07, 6.45) is 0.00621. The lowest BCUT2D eigenvalue weighted by Gasteiger charge is -2.07. The van der Waals surface area contributed by atoms with Gasteiger partial charge in [-0.3, -0.25) is 0 Å². The number of hydrogen-bond acceptors (Lipinski definition) is 4. The second-order valence-electron chi connectivity index (χ2n) is 3.01. The van der Waals surface area contributed by atoms with E-state index < -0.39 is 35.3 Å². The van der Waals surface area contributed by atoms with Crippen molar-refractivity contribution in [2.45, 2.75) is 0 Å². The number of ether oxygens (including phenoxy) is 1. The summed E-state index contributed by atoms with van der Waals surface area (Å²) in [5.74, 6) is -3.19. The van der Waals surface area contributed by atoms with Crippen molar-refractivity contribution < 1.29 is 19.3 Å². The summed E-state index contributed by atoms with van der Waals surface area (Å²) in [6.45, 7) is 0. The van der Waals surface area contributed by atoms with Gasteiger partial charge in [-0.1, -0.05) is 0 Å². The van der Waals surface area contributed by atoms with Crippen LogP contribution in [0.25, 0.3) is 0 Å². The molecule has 0 fully saturated rings. The predicted octanol–water partition coefficient (Wildman–Crippen LogP) is 2.27. The van der Waals surface area contributed by atoms with Crippen molar-refractivity contribution in [3.8, 4) is 11.8 Å². The molecule has 1 heterocycles. The molecule has 0 aliphatic heterocycles. The summed E-state index contributed by atoms with van der Waals surface area (Å²) in [4.78, 5) is 6.73. The van der Waals surface area contributed by atoms with Gasteiger partial charge in [-0.15, -0.1) is 0 Å². The number of benzene rings is 1. The average molecular weight is 242 g/mol. The van der Waals surface area contributed by atoms with Crippen molar-refractivity contribution in [2.24, 2.45) is 0 Å². The standard InChI is InChI=1S/C10H6F3N3O/c11-5-1-7(13)9(14)8(2-5)17-10-15-3-6(12)4-16-10/h1-4H,14H2/i3D. The molecule has 0 aliphatic rings. The first-order valence-electron chi connectivity index (χ1n) is 4.89. The number of nitrogens with two attached hydrogens (primary N) is 1. The largest absolute Gasteiger partial charge is 0.422 e. The smallest absolute Gasteiger partial charge is 0.322 e. The Bertz CT molecular complexity index is 609. The molecule has 1 aromatic carbocycles. The normalized spacial score (nSPS) is 11.1.